The second-order valence-electron chi connectivity index (χ2n) is 4.23. The van der Waals surface area contributed by atoms with Crippen molar-refractivity contribution in [3.05, 3.63) is 0 Å². The second kappa shape index (κ2) is 4.71. The van der Waals surface area contributed by atoms with Gasteiger partial charge in [0.1, 0.15) is 5.60 Å². The molecule has 0 radical (unpaired) electrons. The van der Waals surface area contributed by atoms with E-state index in [1.807, 2.05) is 5.32 Å². The quantitative estimate of drug-likeness (QED) is 0.804. The number of Topliss-reactive ketones (excluding diaryl/α,β-unsaturated/α-hetero) is 1. The topological polar surface area (TPSA) is 55.4 Å². The van der Waals surface area contributed by atoms with E-state index in [1.54, 1.807) is 20.8 Å². The Bertz CT molecular complexity index is 281. The van der Waals surface area contributed by atoms with Gasteiger partial charge in [-0.3, -0.25) is 4.79 Å². The molecule has 0 bridgehead atoms. The summed E-state index contributed by atoms with van der Waals surface area (Å²) >= 11 is 0. The summed E-state index contributed by atoms with van der Waals surface area (Å²) in [6.45, 7) is 5.62. The first-order valence-corrected chi connectivity index (χ1v) is 4.54. The Balaban J connectivity index is 4.32. The van der Waals surface area contributed by atoms with E-state index in [9.17, 15) is 22.8 Å². The Morgan fingerprint density at radius 1 is 1.19 bits per heavy atom. The van der Waals surface area contributed by atoms with E-state index in [-0.39, 0.29) is 0 Å². The second-order valence-corrected chi connectivity index (χ2v) is 4.23. The van der Waals surface area contributed by atoms with E-state index in [1.165, 1.54) is 0 Å². The summed E-state index contributed by atoms with van der Waals surface area (Å²) in [7, 11) is 0. The van der Waals surface area contributed by atoms with Crippen molar-refractivity contribution in [1.29, 1.82) is 0 Å². The average Bonchev–Trinajstić information content (AvgIpc) is 1.96. The predicted octanol–water partition coefficient (Wildman–Crippen LogP) is 2.03. The van der Waals surface area contributed by atoms with Crippen molar-refractivity contribution in [1.82, 2.24) is 5.32 Å². The molecule has 0 saturated carbocycles. The average molecular weight is 241 g/mol. The minimum absolute atomic E-state index is 0.828. The Kier molecular flexibility index (Phi) is 4.34. The maximum Gasteiger partial charge on any atom is 0.452 e. The van der Waals surface area contributed by atoms with Crippen LogP contribution < -0.4 is 5.32 Å². The fourth-order valence-electron chi connectivity index (χ4n) is 0.795. The van der Waals surface area contributed by atoms with Gasteiger partial charge < -0.3 is 10.1 Å². The van der Waals surface area contributed by atoms with Gasteiger partial charge in [0.25, 0.3) is 5.78 Å². The maximum atomic E-state index is 11.9. The molecule has 4 nitrogen and oxygen atoms in total. The number of alkyl halides is 3. The summed E-state index contributed by atoms with van der Waals surface area (Å²) in [5.74, 6) is -2.02. The van der Waals surface area contributed by atoms with Crippen molar-refractivity contribution in [2.45, 2.75) is 45.5 Å². The van der Waals surface area contributed by atoms with E-state index < -0.39 is 29.7 Å². The molecule has 1 amide bonds. The van der Waals surface area contributed by atoms with Crippen molar-refractivity contribution >= 4 is 11.9 Å². The third-order valence-corrected chi connectivity index (χ3v) is 1.41. The van der Waals surface area contributed by atoms with E-state index in [4.69, 9.17) is 4.74 Å². The first kappa shape index (κ1) is 14.7. The maximum absolute atomic E-state index is 11.9. The van der Waals surface area contributed by atoms with Crippen molar-refractivity contribution in [2.75, 3.05) is 0 Å². The fourth-order valence-corrected chi connectivity index (χ4v) is 0.795. The molecule has 0 aromatic heterocycles. The highest BCUT2D eigenvalue weighted by molar-refractivity contribution is 5.91. The van der Waals surface area contributed by atoms with Gasteiger partial charge in [0.2, 0.25) is 0 Å². The molecule has 7 heteroatoms. The number of nitrogens with one attached hydrogen (secondary N) is 1. The van der Waals surface area contributed by atoms with E-state index in [0.29, 0.717) is 0 Å². The van der Waals surface area contributed by atoms with Crippen LogP contribution in [0, 0.1) is 0 Å². The highest BCUT2D eigenvalue weighted by Crippen LogP contribution is 2.18. The number of halogens is 3. The van der Waals surface area contributed by atoms with Crippen LogP contribution in [0.15, 0.2) is 0 Å². The third kappa shape index (κ3) is 5.57. The number of carbonyl (C=O) groups excluding carboxylic acids is 2. The van der Waals surface area contributed by atoms with Crippen molar-refractivity contribution in [2.24, 2.45) is 0 Å². The zero-order valence-electron chi connectivity index (χ0n) is 9.44. The standard InChI is InChI=1S/C9H14F3NO3/c1-5(6(14)9(10,11)12)13-7(15)16-8(2,3)4/h5H,1-4H3,(H,13,15)/t5-/m0/s1. The summed E-state index contributed by atoms with van der Waals surface area (Å²) in [5, 5.41) is 1.81. The molecular formula is C9H14F3NO3. The smallest absolute Gasteiger partial charge is 0.444 e. The van der Waals surface area contributed by atoms with Gasteiger partial charge in [0.05, 0.1) is 6.04 Å². The normalized spacial score (nSPS) is 14.2. The molecule has 94 valence electrons. The number of alkyl carbamates (subject to hydrolysis) is 1. The highest BCUT2D eigenvalue weighted by Gasteiger charge is 2.42. The van der Waals surface area contributed by atoms with Crippen LogP contribution in [0.3, 0.4) is 0 Å². The monoisotopic (exact) mass is 241 g/mol. The lowest BCUT2D eigenvalue weighted by atomic mass is 10.2. The minimum Gasteiger partial charge on any atom is -0.444 e. The Morgan fingerprint density at radius 3 is 1.94 bits per heavy atom. The molecule has 1 atom stereocenters. The molecule has 0 heterocycles. The molecule has 1 N–H and O–H groups in total. The van der Waals surface area contributed by atoms with Gasteiger partial charge in [-0.05, 0) is 27.7 Å². The Morgan fingerprint density at radius 2 is 1.62 bits per heavy atom. The van der Waals surface area contributed by atoms with Crippen LogP contribution in [0.25, 0.3) is 0 Å². The first-order chi connectivity index (χ1) is 6.93. The number of carbonyl (C=O) groups is 2. The van der Waals surface area contributed by atoms with Gasteiger partial charge in [-0.25, -0.2) is 4.79 Å². The molecule has 0 saturated heterocycles. The summed E-state index contributed by atoms with van der Waals surface area (Å²) in [6.07, 6.45) is -6.02. The molecule has 0 fully saturated rings. The van der Waals surface area contributed by atoms with Gasteiger partial charge in [-0.1, -0.05) is 0 Å². The number of ether oxygens (including phenoxy) is 1. The van der Waals surface area contributed by atoms with E-state index in [0.717, 1.165) is 6.92 Å². The van der Waals surface area contributed by atoms with Gasteiger partial charge >= 0.3 is 12.3 Å². The molecule has 0 spiro atoms. The van der Waals surface area contributed by atoms with Crippen LogP contribution in [0.4, 0.5) is 18.0 Å². The van der Waals surface area contributed by atoms with Gasteiger partial charge in [0, 0.05) is 0 Å². The van der Waals surface area contributed by atoms with Gasteiger partial charge in [-0.2, -0.15) is 13.2 Å². The van der Waals surface area contributed by atoms with Crippen LogP contribution in [0.1, 0.15) is 27.7 Å². The van der Waals surface area contributed by atoms with Crippen LogP contribution in [-0.4, -0.2) is 29.7 Å². The van der Waals surface area contributed by atoms with Gasteiger partial charge in [0.15, 0.2) is 0 Å². The van der Waals surface area contributed by atoms with Crippen molar-refractivity contribution in [3.8, 4) is 0 Å². The summed E-state index contributed by atoms with van der Waals surface area (Å²) in [4.78, 5) is 21.7. The number of hydrogen-bond donors (Lipinski definition) is 1. The molecule has 0 aliphatic rings. The predicted molar refractivity (Wildman–Crippen MR) is 49.9 cm³/mol. The van der Waals surface area contributed by atoms with Crippen LogP contribution in [-0.2, 0) is 9.53 Å². The lowest BCUT2D eigenvalue weighted by molar-refractivity contribution is -0.172. The van der Waals surface area contributed by atoms with E-state index in [2.05, 4.69) is 0 Å². The van der Waals surface area contributed by atoms with Crippen LogP contribution in [0.5, 0.6) is 0 Å². The van der Waals surface area contributed by atoms with Gasteiger partial charge in [-0.15, -0.1) is 0 Å². The molecule has 0 aromatic rings. The number of ketones is 1. The third-order valence-electron chi connectivity index (χ3n) is 1.41. The lowest BCUT2D eigenvalue weighted by Crippen LogP contribution is -2.46. The SMILES string of the molecule is C[C@H](NC(=O)OC(C)(C)C)C(=O)C(F)(F)F. The highest BCUT2D eigenvalue weighted by atomic mass is 19.4. The van der Waals surface area contributed by atoms with E-state index >= 15 is 0 Å². The molecule has 0 unspecified atom stereocenters. The lowest BCUT2D eigenvalue weighted by Gasteiger charge is -2.21. The largest absolute Gasteiger partial charge is 0.452 e. The minimum atomic E-state index is -4.96. The van der Waals surface area contributed by atoms with Crippen molar-refractivity contribution in [3.63, 3.8) is 0 Å². The molecule has 0 aromatic carbocycles. The Labute approximate surface area is 91.1 Å². The zero-order valence-corrected chi connectivity index (χ0v) is 9.44. The Hall–Kier alpha value is -1.27. The van der Waals surface area contributed by atoms with Crippen LogP contribution in [0.2, 0.25) is 0 Å². The molecule has 16 heavy (non-hydrogen) atoms. The molecule has 0 aliphatic heterocycles. The first-order valence-electron chi connectivity index (χ1n) is 4.54. The number of amides is 1. The number of hydrogen-bond acceptors (Lipinski definition) is 3. The zero-order chi connectivity index (χ0) is 13.1. The summed E-state index contributed by atoms with van der Waals surface area (Å²) in [5.41, 5.74) is -0.828. The summed E-state index contributed by atoms with van der Waals surface area (Å²) < 4.78 is 40.5. The summed E-state index contributed by atoms with van der Waals surface area (Å²) in [6, 6.07) is -1.66. The molecule has 0 rings (SSSR count). The van der Waals surface area contributed by atoms with Crippen LogP contribution >= 0.6 is 0 Å². The fraction of sp³-hybridized carbons (Fsp3) is 0.778. The number of rotatable bonds is 2. The molecule has 0 aliphatic carbocycles. The molecular weight excluding hydrogens is 227 g/mol. The van der Waals surface area contributed by atoms with Crippen molar-refractivity contribution < 1.29 is 27.5 Å².